The van der Waals surface area contributed by atoms with Gasteiger partial charge in [-0.1, -0.05) is 0 Å². The molecule has 1 N–H and O–H groups in total. The van der Waals surface area contributed by atoms with Gasteiger partial charge in [0.2, 0.25) is 0 Å². The van der Waals surface area contributed by atoms with Crippen LogP contribution in [0.2, 0.25) is 0 Å². The number of hydrogen-bond donors (Lipinski definition) is 1. The Morgan fingerprint density at radius 1 is 1.60 bits per heavy atom. The fourth-order valence-electron chi connectivity index (χ4n) is 2.51. The molecule has 0 aromatic heterocycles. The number of morpholine rings is 1. The third-order valence-corrected chi connectivity index (χ3v) is 3.47. The molecule has 0 bridgehead atoms. The van der Waals surface area contributed by atoms with E-state index in [1.54, 1.807) is 17.9 Å². The van der Waals surface area contributed by atoms with Crippen molar-refractivity contribution in [1.82, 2.24) is 4.90 Å². The topological polar surface area (TPSA) is 59.0 Å². The molecule has 2 atom stereocenters. The quantitative estimate of drug-likeness (QED) is 0.907. The average Bonchev–Trinajstić information content (AvgIpc) is 2.38. The molecule has 0 unspecified atom stereocenters. The minimum atomic E-state index is -0.937. The number of nitrogens with zero attached hydrogens (tertiary/aromatic N) is 1. The second kappa shape index (κ2) is 6.19. The van der Waals surface area contributed by atoms with Gasteiger partial charge < -0.3 is 14.6 Å². The maximum absolute atomic E-state index is 13.4. The van der Waals surface area contributed by atoms with Crippen LogP contribution in [0.4, 0.5) is 4.39 Å². The van der Waals surface area contributed by atoms with E-state index < -0.39 is 18.1 Å². The summed E-state index contributed by atoms with van der Waals surface area (Å²) in [5.41, 5.74) is 0.632. The lowest BCUT2D eigenvalue weighted by molar-refractivity contribution is -0.156. The summed E-state index contributed by atoms with van der Waals surface area (Å²) in [5.74, 6) is -0.753. The van der Waals surface area contributed by atoms with Crippen molar-refractivity contribution in [1.29, 1.82) is 0 Å². The van der Waals surface area contributed by atoms with Crippen LogP contribution in [0.5, 0.6) is 5.75 Å². The van der Waals surface area contributed by atoms with E-state index in [2.05, 4.69) is 0 Å². The van der Waals surface area contributed by atoms with Gasteiger partial charge in [0.15, 0.2) is 0 Å². The minimum Gasteiger partial charge on any atom is -0.496 e. The van der Waals surface area contributed by atoms with Gasteiger partial charge in [-0.05, 0) is 25.1 Å². The Morgan fingerprint density at radius 2 is 2.35 bits per heavy atom. The van der Waals surface area contributed by atoms with Crippen LogP contribution in [0.3, 0.4) is 0 Å². The molecule has 1 aliphatic rings. The van der Waals surface area contributed by atoms with Gasteiger partial charge in [-0.3, -0.25) is 9.69 Å². The fourth-order valence-corrected chi connectivity index (χ4v) is 2.51. The Kier molecular flexibility index (Phi) is 4.57. The maximum Gasteiger partial charge on any atom is 0.323 e. The van der Waals surface area contributed by atoms with E-state index in [1.165, 1.54) is 19.2 Å². The van der Waals surface area contributed by atoms with Gasteiger partial charge in [0, 0.05) is 18.7 Å². The van der Waals surface area contributed by atoms with Crippen LogP contribution in [0, 0.1) is 5.82 Å². The highest BCUT2D eigenvalue weighted by molar-refractivity contribution is 5.74. The van der Waals surface area contributed by atoms with E-state index in [-0.39, 0.29) is 5.82 Å². The molecular weight excluding hydrogens is 265 g/mol. The molecule has 1 fully saturated rings. The van der Waals surface area contributed by atoms with Gasteiger partial charge in [0.25, 0.3) is 0 Å². The first-order valence-corrected chi connectivity index (χ1v) is 6.44. The third-order valence-electron chi connectivity index (χ3n) is 3.47. The zero-order chi connectivity index (χ0) is 14.7. The van der Waals surface area contributed by atoms with Crippen LogP contribution in [-0.4, -0.2) is 48.4 Å². The molecule has 1 aromatic rings. The van der Waals surface area contributed by atoms with Crippen molar-refractivity contribution in [3.63, 3.8) is 0 Å². The van der Waals surface area contributed by atoms with Crippen LogP contribution >= 0.6 is 0 Å². The molecule has 1 aliphatic heterocycles. The largest absolute Gasteiger partial charge is 0.496 e. The van der Waals surface area contributed by atoms with E-state index >= 15 is 0 Å². The first-order valence-electron chi connectivity index (χ1n) is 6.44. The predicted molar refractivity (Wildman–Crippen MR) is 70.2 cm³/mol. The Balaban J connectivity index is 2.23. The van der Waals surface area contributed by atoms with Crippen molar-refractivity contribution in [3.05, 3.63) is 29.6 Å². The zero-order valence-corrected chi connectivity index (χ0v) is 11.5. The van der Waals surface area contributed by atoms with Gasteiger partial charge in [-0.15, -0.1) is 0 Å². The summed E-state index contributed by atoms with van der Waals surface area (Å²) in [6.45, 7) is 2.99. The molecule has 0 saturated carbocycles. The minimum absolute atomic E-state index is 0.311. The number of methoxy groups -OCH3 is 1. The van der Waals surface area contributed by atoms with E-state index in [0.29, 0.717) is 31.0 Å². The molecule has 0 amide bonds. The second-order valence-corrected chi connectivity index (χ2v) is 4.79. The number of ether oxygens (including phenoxy) is 2. The summed E-state index contributed by atoms with van der Waals surface area (Å²) in [7, 11) is 1.51. The molecule has 6 heteroatoms. The van der Waals surface area contributed by atoms with Crippen molar-refractivity contribution in [3.8, 4) is 5.75 Å². The molecule has 0 radical (unpaired) electrons. The second-order valence-electron chi connectivity index (χ2n) is 4.79. The van der Waals surface area contributed by atoms with Crippen LogP contribution in [0.25, 0.3) is 0 Å². The molecule has 20 heavy (non-hydrogen) atoms. The molecule has 1 aromatic carbocycles. The third kappa shape index (κ3) is 3.08. The van der Waals surface area contributed by atoms with E-state index in [9.17, 15) is 14.3 Å². The number of carboxylic acids is 1. The molecule has 1 saturated heterocycles. The van der Waals surface area contributed by atoms with E-state index in [4.69, 9.17) is 9.47 Å². The molecule has 110 valence electrons. The Morgan fingerprint density at radius 3 is 3.00 bits per heavy atom. The predicted octanol–water partition coefficient (Wildman–Crippen LogP) is 1.51. The Bertz CT molecular complexity index is 494. The number of hydrogen-bond acceptors (Lipinski definition) is 4. The maximum atomic E-state index is 13.4. The van der Waals surface area contributed by atoms with Gasteiger partial charge >= 0.3 is 5.97 Å². The number of aliphatic carboxylic acids is 1. The number of halogens is 1. The van der Waals surface area contributed by atoms with E-state index in [0.717, 1.165) is 0 Å². The smallest absolute Gasteiger partial charge is 0.323 e. The highest BCUT2D eigenvalue weighted by Crippen LogP contribution is 2.24. The number of carbonyl (C=O) groups is 1. The molecular formula is C14H18FNO4. The van der Waals surface area contributed by atoms with Gasteiger partial charge in [-0.25, -0.2) is 4.39 Å². The fraction of sp³-hybridized carbons (Fsp3) is 0.500. The molecule has 0 spiro atoms. The van der Waals surface area contributed by atoms with Crippen LogP contribution in [-0.2, 0) is 16.1 Å². The summed E-state index contributed by atoms with van der Waals surface area (Å²) in [6.07, 6.45) is -0.402. The highest BCUT2D eigenvalue weighted by atomic mass is 19.1. The summed E-state index contributed by atoms with van der Waals surface area (Å²) < 4.78 is 23.9. The van der Waals surface area contributed by atoms with E-state index in [1.807, 2.05) is 0 Å². The van der Waals surface area contributed by atoms with Crippen molar-refractivity contribution in [2.24, 2.45) is 0 Å². The first kappa shape index (κ1) is 14.7. The summed E-state index contributed by atoms with van der Waals surface area (Å²) in [5, 5.41) is 9.31. The standard InChI is InChI=1S/C14H18FNO4/c1-9-13(14(17)18)16(5-6-20-9)8-10-7-11(15)3-4-12(10)19-2/h3-4,7,9,13H,5-6,8H2,1-2H3,(H,17,18)/t9-,13+/m1/s1. The monoisotopic (exact) mass is 283 g/mol. The lowest BCUT2D eigenvalue weighted by Crippen LogP contribution is -2.53. The first-order chi connectivity index (χ1) is 9.52. The SMILES string of the molecule is COc1ccc(F)cc1CN1CCO[C@H](C)[C@H]1C(=O)O. The zero-order valence-electron chi connectivity index (χ0n) is 11.5. The highest BCUT2D eigenvalue weighted by Gasteiger charge is 2.35. The van der Waals surface area contributed by atoms with Crippen molar-refractivity contribution < 1.29 is 23.8 Å². The molecule has 5 nitrogen and oxygen atoms in total. The Hall–Kier alpha value is -1.66. The van der Waals surface area contributed by atoms with Crippen LogP contribution < -0.4 is 4.74 Å². The van der Waals surface area contributed by atoms with Crippen molar-refractivity contribution in [2.75, 3.05) is 20.3 Å². The van der Waals surface area contributed by atoms with Crippen LogP contribution in [0.15, 0.2) is 18.2 Å². The average molecular weight is 283 g/mol. The lowest BCUT2D eigenvalue weighted by atomic mass is 10.1. The van der Waals surface area contributed by atoms with Crippen molar-refractivity contribution in [2.45, 2.75) is 25.6 Å². The molecule has 1 heterocycles. The number of benzene rings is 1. The molecule has 2 rings (SSSR count). The van der Waals surface area contributed by atoms with Crippen molar-refractivity contribution >= 4 is 5.97 Å². The summed E-state index contributed by atoms with van der Waals surface area (Å²) in [4.78, 5) is 13.1. The number of carboxylic acid groups (broad SMARTS) is 1. The Labute approximate surface area is 116 Å². The molecule has 0 aliphatic carbocycles. The van der Waals surface area contributed by atoms with Gasteiger partial charge in [0.05, 0.1) is 19.8 Å². The lowest BCUT2D eigenvalue weighted by Gasteiger charge is -2.37. The normalized spacial score (nSPS) is 23.6. The van der Waals surface area contributed by atoms with Crippen LogP contribution in [0.1, 0.15) is 12.5 Å². The van der Waals surface area contributed by atoms with Gasteiger partial charge in [-0.2, -0.15) is 0 Å². The summed E-state index contributed by atoms with van der Waals surface area (Å²) >= 11 is 0. The van der Waals surface area contributed by atoms with Gasteiger partial charge in [0.1, 0.15) is 17.6 Å². The number of rotatable bonds is 4. The summed E-state index contributed by atoms with van der Waals surface area (Å²) in [6, 6.07) is 3.50.